The van der Waals surface area contributed by atoms with Gasteiger partial charge >= 0.3 is 0 Å². The summed E-state index contributed by atoms with van der Waals surface area (Å²) in [6.45, 7) is 1.93. The Kier molecular flexibility index (Phi) is 5.72. The Bertz CT molecular complexity index is 622. The van der Waals surface area contributed by atoms with E-state index in [1.54, 1.807) is 0 Å². The van der Waals surface area contributed by atoms with Crippen LogP contribution in [0.15, 0.2) is 59.5 Å². The van der Waals surface area contributed by atoms with Crippen LogP contribution in [-0.2, 0) is 5.75 Å². The van der Waals surface area contributed by atoms with Gasteiger partial charge in [-0.3, -0.25) is 4.79 Å². The van der Waals surface area contributed by atoms with Crippen molar-refractivity contribution in [2.24, 2.45) is 0 Å². The van der Waals surface area contributed by atoms with Gasteiger partial charge in [0.15, 0.2) is 0 Å². The number of amides is 1. The lowest BCUT2D eigenvalue weighted by atomic mass is 10.1. The molecule has 4 heteroatoms. The fraction of sp³-hybridized carbons (Fsp3) is 0.316. The van der Waals surface area contributed by atoms with Crippen LogP contribution in [0.3, 0.4) is 0 Å². The third-order valence-electron chi connectivity index (χ3n) is 4.00. The molecule has 2 aromatic carbocycles. The SMILES string of the molecule is O=C(N[C@H]1CCCNC1)c1ccc(CSc2ccccc2)cc1. The largest absolute Gasteiger partial charge is 0.348 e. The van der Waals surface area contributed by atoms with Crippen molar-refractivity contribution in [3.63, 3.8) is 0 Å². The van der Waals surface area contributed by atoms with Gasteiger partial charge in [0, 0.05) is 28.8 Å². The van der Waals surface area contributed by atoms with E-state index in [1.807, 2.05) is 42.1 Å². The molecule has 0 bridgehead atoms. The molecule has 0 aromatic heterocycles. The van der Waals surface area contributed by atoms with Crippen LogP contribution in [0.4, 0.5) is 0 Å². The quantitative estimate of drug-likeness (QED) is 0.827. The smallest absolute Gasteiger partial charge is 0.251 e. The van der Waals surface area contributed by atoms with Crippen LogP contribution in [0.25, 0.3) is 0 Å². The molecular formula is C19H22N2OS. The Morgan fingerprint density at radius 3 is 2.61 bits per heavy atom. The summed E-state index contributed by atoms with van der Waals surface area (Å²) in [6.07, 6.45) is 2.19. The molecule has 0 spiro atoms. The Balaban J connectivity index is 1.52. The van der Waals surface area contributed by atoms with Gasteiger partial charge in [-0.2, -0.15) is 0 Å². The minimum Gasteiger partial charge on any atom is -0.348 e. The maximum Gasteiger partial charge on any atom is 0.251 e. The van der Waals surface area contributed by atoms with E-state index < -0.39 is 0 Å². The van der Waals surface area contributed by atoms with Gasteiger partial charge in [-0.1, -0.05) is 30.3 Å². The van der Waals surface area contributed by atoms with Crippen LogP contribution in [0.2, 0.25) is 0 Å². The number of rotatable bonds is 5. The molecule has 2 aromatic rings. The van der Waals surface area contributed by atoms with Crippen molar-refractivity contribution in [2.45, 2.75) is 29.5 Å². The number of hydrogen-bond acceptors (Lipinski definition) is 3. The van der Waals surface area contributed by atoms with E-state index in [4.69, 9.17) is 0 Å². The van der Waals surface area contributed by atoms with E-state index in [1.165, 1.54) is 10.5 Å². The lowest BCUT2D eigenvalue weighted by Gasteiger charge is -2.23. The van der Waals surface area contributed by atoms with Gasteiger partial charge in [0.25, 0.3) is 5.91 Å². The van der Waals surface area contributed by atoms with Crippen molar-refractivity contribution in [2.75, 3.05) is 13.1 Å². The van der Waals surface area contributed by atoms with Gasteiger partial charge in [0.2, 0.25) is 0 Å². The number of thioether (sulfide) groups is 1. The summed E-state index contributed by atoms with van der Waals surface area (Å²) in [5.74, 6) is 0.944. The molecule has 1 fully saturated rings. The summed E-state index contributed by atoms with van der Waals surface area (Å²) in [5, 5.41) is 6.42. The zero-order valence-corrected chi connectivity index (χ0v) is 13.9. The second-order valence-corrected chi connectivity index (χ2v) is 6.86. The fourth-order valence-corrected chi connectivity index (χ4v) is 3.55. The molecule has 0 aliphatic carbocycles. The number of hydrogen-bond donors (Lipinski definition) is 2. The molecule has 0 saturated carbocycles. The van der Waals surface area contributed by atoms with Gasteiger partial charge in [0.05, 0.1) is 0 Å². The van der Waals surface area contributed by atoms with E-state index in [0.29, 0.717) is 0 Å². The Morgan fingerprint density at radius 2 is 1.91 bits per heavy atom. The van der Waals surface area contributed by atoms with E-state index in [0.717, 1.165) is 37.2 Å². The molecule has 2 N–H and O–H groups in total. The average Bonchev–Trinajstić information content (AvgIpc) is 2.62. The third-order valence-corrected chi connectivity index (χ3v) is 5.08. The van der Waals surface area contributed by atoms with Gasteiger partial charge in [0.1, 0.15) is 0 Å². The molecule has 120 valence electrons. The lowest BCUT2D eigenvalue weighted by molar-refractivity contribution is 0.0930. The zero-order valence-electron chi connectivity index (χ0n) is 13.1. The molecule has 1 amide bonds. The summed E-state index contributed by atoms with van der Waals surface area (Å²) in [5.41, 5.74) is 1.97. The molecule has 1 aliphatic heterocycles. The highest BCUT2D eigenvalue weighted by Gasteiger charge is 2.16. The van der Waals surface area contributed by atoms with Crippen molar-refractivity contribution in [1.82, 2.24) is 10.6 Å². The Morgan fingerprint density at radius 1 is 1.13 bits per heavy atom. The normalized spacial score (nSPS) is 17.7. The van der Waals surface area contributed by atoms with E-state index in [9.17, 15) is 4.79 Å². The van der Waals surface area contributed by atoms with Crippen LogP contribution in [-0.4, -0.2) is 25.0 Å². The highest BCUT2D eigenvalue weighted by molar-refractivity contribution is 7.98. The van der Waals surface area contributed by atoms with E-state index in [-0.39, 0.29) is 11.9 Å². The second kappa shape index (κ2) is 8.18. The number of piperidine rings is 1. The number of nitrogens with one attached hydrogen (secondary N) is 2. The fourth-order valence-electron chi connectivity index (χ4n) is 2.68. The maximum absolute atomic E-state index is 12.3. The highest BCUT2D eigenvalue weighted by Crippen LogP contribution is 2.22. The predicted octanol–water partition coefficient (Wildman–Crippen LogP) is 3.46. The monoisotopic (exact) mass is 326 g/mol. The standard InChI is InChI=1S/C19H22N2OS/c22-19(21-17-5-4-12-20-13-17)16-10-8-15(9-11-16)14-23-18-6-2-1-3-7-18/h1-3,6-11,17,20H,4-5,12-14H2,(H,21,22)/t17-/m0/s1. The minimum atomic E-state index is 0.0287. The van der Waals surface area contributed by atoms with Crippen LogP contribution < -0.4 is 10.6 Å². The Labute approximate surface area is 141 Å². The van der Waals surface area contributed by atoms with Crippen molar-refractivity contribution in [3.8, 4) is 0 Å². The molecule has 1 atom stereocenters. The van der Waals surface area contributed by atoms with Crippen LogP contribution in [0.1, 0.15) is 28.8 Å². The van der Waals surface area contributed by atoms with Crippen molar-refractivity contribution >= 4 is 17.7 Å². The van der Waals surface area contributed by atoms with Gasteiger partial charge in [-0.25, -0.2) is 0 Å². The molecule has 3 rings (SSSR count). The van der Waals surface area contributed by atoms with Gasteiger partial charge < -0.3 is 10.6 Å². The number of carbonyl (C=O) groups excluding carboxylic acids is 1. The second-order valence-electron chi connectivity index (χ2n) is 5.82. The van der Waals surface area contributed by atoms with Crippen molar-refractivity contribution < 1.29 is 4.79 Å². The van der Waals surface area contributed by atoms with Crippen molar-refractivity contribution in [3.05, 3.63) is 65.7 Å². The molecular weight excluding hydrogens is 304 g/mol. The summed E-state index contributed by atoms with van der Waals surface area (Å²) in [4.78, 5) is 13.5. The first-order chi connectivity index (χ1) is 11.3. The van der Waals surface area contributed by atoms with Crippen LogP contribution >= 0.6 is 11.8 Å². The first kappa shape index (κ1) is 16.1. The molecule has 0 radical (unpaired) electrons. The van der Waals surface area contributed by atoms with Gasteiger partial charge in [-0.15, -0.1) is 11.8 Å². The molecule has 1 saturated heterocycles. The first-order valence-electron chi connectivity index (χ1n) is 8.09. The number of benzene rings is 2. The molecule has 0 unspecified atom stereocenters. The summed E-state index contributed by atoms with van der Waals surface area (Å²) in [7, 11) is 0. The zero-order chi connectivity index (χ0) is 15.9. The minimum absolute atomic E-state index is 0.0287. The summed E-state index contributed by atoms with van der Waals surface area (Å²) >= 11 is 1.81. The molecule has 3 nitrogen and oxygen atoms in total. The molecule has 1 aliphatic rings. The summed E-state index contributed by atoms with van der Waals surface area (Å²) in [6, 6.07) is 18.6. The molecule has 1 heterocycles. The van der Waals surface area contributed by atoms with Gasteiger partial charge in [-0.05, 0) is 49.2 Å². The lowest BCUT2D eigenvalue weighted by Crippen LogP contribution is -2.45. The third kappa shape index (κ3) is 4.85. The van der Waals surface area contributed by atoms with Crippen LogP contribution in [0.5, 0.6) is 0 Å². The van der Waals surface area contributed by atoms with E-state index in [2.05, 4.69) is 34.9 Å². The average molecular weight is 326 g/mol. The Hall–Kier alpha value is -1.78. The molecule has 23 heavy (non-hydrogen) atoms. The predicted molar refractivity (Wildman–Crippen MR) is 95.8 cm³/mol. The number of carbonyl (C=O) groups is 1. The topological polar surface area (TPSA) is 41.1 Å². The van der Waals surface area contributed by atoms with Crippen LogP contribution in [0, 0.1) is 0 Å². The highest BCUT2D eigenvalue weighted by atomic mass is 32.2. The van der Waals surface area contributed by atoms with E-state index >= 15 is 0 Å². The maximum atomic E-state index is 12.3. The summed E-state index contributed by atoms with van der Waals surface area (Å²) < 4.78 is 0. The first-order valence-corrected chi connectivity index (χ1v) is 9.08. The van der Waals surface area contributed by atoms with Crippen molar-refractivity contribution in [1.29, 1.82) is 0 Å².